The van der Waals surface area contributed by atoms with Crippen LogP contribution in [0.4, 0.5) is 5.69 Å². The van der Waals surface area contributed by atoms with E-state index in [2.05, 4.69) is 15.1 Å². The molecule has 1 aromatic rings. The van der Waals surface area contributed by atoms with Gasteiger partial charge in [-0.1, -0.05) is 37.5 Å². The van der Waals surface area contributed by atoms with Gasteiger partial charge in [0.25, 0.3) is 0 Å². The first-order chi connectivity index (χ1) is 15.0. The highest BCUT2D eigenvalue weighted by atomic mass is 16.3. The van der Waals surface area contributed by atoms with Crippen molar-refractivity contribution in [2.24, 2.45) is 0 Å². The molecule has 1 heterocycles. The Labute approximate surface area is 186 Å². The summed E-state index contributed by atoms with van der Waals surface area (Å²) in [5, 5.41) is 12.5. The topological polar surface area (TPSA) is 76.1 Å². The van der Waals surface area contributed by atoms with Crippen LogP contribution in [0.2, 0.25) is 0 Å². The average Bonchev–Trinajstić information content (AvgIpc) is 2.77. The molecule has 0 unspecified atom stereocenters. The van der Waals surface area contributed by atoms with E-state index in [1.807, 2.05) is 36.9 Å². The van der Waals surface area contributed by atoms with Crippen molar-refractivity contribution in [1.82, 2.24) is 14.7 Å². The quantitative estimate of drug-likeness (QED) is 0.660. The maximum atomic E-state index is 12.9. The Hall–Kier alpha value is -1.96. The lowest BCUT2D eigenvalue weighted by molar-refractivity contribution is -0.135. The predicted octanol–water partition coefficient (Wildman–Crippen LogP) is 2.01. The van der Waals surface area contributed by atoms with Crippen molar-refractivity contribution in [2.45, 2.75) is 52.0 Å². The molecule has 1 saturated heterocycles. The second-order valence-corrected chi connectivity index (χ2v) is 8.96. The molecule has 1 saturated carbocycles. The number of carbonyl (C=O) groups is 2. The van der Waals surface area contributed by atoms with Gasteiger partial charge in [0.05, 0.1) is 19.7 Å². The number of rotatable bonds is 8. The van der Waals surface area contributed by atoms with Gasteiger partial charge in [-0.2, -0.15) is 0 Å². The summed E-state index contributed by atoms with van der Waals surface area (Å²) < 4.78 is 0. The van der Waals surface area contributed by atoms with Gasteiger partial charge in [-0.15, -0.1) is 0 Å². The Morgan fingerprint density at radius 3 is 2.32 bits per heavy atom. The lowest BCUT2D eigenvalue weighted by Crippen LogP contribution is -2.53. The Morgan fingerprint density at radius 2 is 1.71 bits per heavy atom. The zero-order valence-electron chi connectivity index (χ0n) is 19.1. The van der Waals surface area contributed by atoms with E-state index in [4.69, 9.17) is 0 Å². The molecule has 0 aromatic heterocycles. The van der Waals surface area contributed by atoms with Crippen molar-refractivity contribution in [2.75, 3.05) is 57.7 Å². The number of aliphatic hydroxyl groups is 1. The molecule has 7 heteroatoms. The molecule has 3 rings (SSSR count). The third-order valence-corrected chi connectivity index (χ3v) is 6.65. The Morgan fingerprint density at radius 1 is 1.06 bits per heavy atom. The van der Waals surface area contributed by atoms with E-state index in [1.165, 1.54) is 19.3 Å². The number of hydrogen-bond donors (Lipinski definition) is 2. The number of carbonyl (C=O) groups excluding carboxylic acids is 2. The summed E-state index contributed by atoms with van der Waals surface area (Å²) >= 11 is 0. The third-order valence-electron chi connectivity index (χ3n) is 6.65. The highest BCUT2D eigenvalue weighted by Gasteiger charge is 2.27. The largest absolute Gasteiger partial charge is 0.395 e. The van der Waals surface area contributed by atoms with Crippen molar-refractivity contribution < 1.29 is 14.7 Å². The van der Waals surface area contributed by atoms with Crippen LogP contribution in [0.3, 0.4) is 0 Å². The molecule has 1 aliphatic heterocycles. The number of aliphatic hydroxyl groups excluding tert-OH is 1. The number of para-hydroxylation sites is 1. The molecule has 0 spiro atoms. The van der Waals surface area contributed by atoms with Crippen LogP contribution in [0.25, 0.3) is 0 Å². The standard InChI is InChI=1S/C24H38N4O3/c1-19-7-6-8-20(2)24(19)25-22(30)17-26-11-13-27(14-12-26)23(31)18-28(15-16-29)21-9-4-3-5-10-21/h6-8,21,29H,3-5,9-18H2,1-2H3,(H,25,30). The van der Waals surface area contributed by atoms with Crippen LogP contribution in [0.1, 0.15) is 43.2 Å². The van der Waals surface area contributed by atoms with E-state index in [0.717, 1.165) is 29.7 Å². The first-order valence-electron chi connectivity index (χ1n) is 11.7. The molecular weight excluding hydrogens is 392 g/mol. The number of aryl methyl sites for hydroxylation is 2. The summed E-state index contributed by atoms with van der Waals surface area (Å²) in [4.78, 5) is 31.6. The zero-order valence-corrected chi connectivity index (χ0v) is 19.1. The average molecular weight is 431 g/mol. The molecule has 1 aromatic carbocycles. The first kappa shape index (κ1) is 23.7. The molecule has 2 aliphatic rings. The van der Waals surface area contributed by atoms with Gasteiger partial charge in [0.15, 0.2) is 0 Å². The number of hydrogen-bond acceptors (Lipinski definition) is 5. The van der Waals surface area contributed by atoms with E-state index in [0.29, 0.717) is 51.9 Å². The van der Waals surface area contributed by atoms with Crippen LogP contribution in [-0.2, 0) is 9.59 Å². The second kappa shape index (κ2) is 11.6. The lowest BCUT2D eigenvalue weighted by Gasteiger charge is -2.38. The highest BCUT2D eigenvalue weighted by Crippen LogP contribution is 2.23. The minimum absolute atomic E-state index is 0.0106. The lowest BCUT2D eigenvalue weighted by atomic mass is 9.94. The van der Waals surface area contributed by atoms with E-state index in [9.17, 15) is 14.7 Å². The molecule has 0 bridgehead atoms. The van der Waals surface area contributed by atoms with Gasteiger partial charge >= 0.3 is 0 Å². The number of amides is 2. The van der Waals surface area contributed by atoms with Gasteiger partial charge in [0.1, 0.15) is 0 Å². The first-order valence-corrected chi connectivity index (χ1v) is 11.7. The minimum Gasteiger partial charge on any atom is -0.395 e. The summed E-state index contributed by atoms with van der Waals surface area (Å²) in [5.41, 5.74) is 3.02. The fourth-order valence-corrected chi connectivity index (χ4v) is 4.79. The van der Waals surface area contributed by atoms with Gasteiger partial charge in [-0.3, -0.25) is 19.4 Å². The summed E-state index contributed by atoms with van der Waals surface area (Å²) in [5.74, 6) is 0.127. The van der Waals surface area contributed by atoms with Crippen molar-refractivity contribution in [3.8, 4) is 0 Å². The Balaban J connectivity index is 1.45. The number of nitrogens with one attached hydrogen (secondary N) is 1. The number of nitrogens with zero attached hydrogens (tertiary/aromatic N) is 3. The Kier molecular flexibility index (Phi) is 8.87. The van der Waals surface area contributed by atoms with Gasteiger partial charge < -0.3 is 15.3 Å². The normalized spacial score (nSPS) is 18.4. The fourth-order valence-electron chi connectivity index (χ4n) is 4.79. The van der Waals surface area contributed by atoms with Crippen LogP contribution in [-0.4, -0.2) is 90.1 Å². The third kappa shape index (κ3) is 6.76. The molecule has 31 heavy (non-hydrogen) atoms. The summed E-state index contributed by atoms with van der Waals surface area (Å²) in [6.45, 7) is 8.08. The van der Waals surface area contributed by atoms with E-state index < -0.39 is 0 Å². The maximum absolute atomic E-state index is 12.9. The molecular formula is C24H38N4O3. The zero-order chi connectivity index (χ0) is 22.2. The van der Waals surface area contributed by atoms with E-state index in [1.54, 1.807) is 0 Å². The SMILES string of the molecule is Cc1cccc(C)c1NC(=O)CN1CCN(C(=O)CN(CCO)C2CCCCC2)CC1. The fraction of sp³-hybridized carbons (Fsp3) is 0.667. The van der Waals surface area contributed by atoms with Crippen LogP contribution < -0.4 is 5.32 Å². The summed E-state index contributed by atoms with van der Waals surface area (Å²) in [6, 6.07) is 6.41. The monoisotopic (exact) mass is 430 g/mol. The molecule has 2 amide bonds. The van der Waals surface area contributed by atoms with Crippen LogP contribution in [0.5, 0.6) is 0 Å². The smallest absolute Gasteiger partial charge is 0.238 e. The molecule has 2 fully saturated rings. The molecule has 2 N–H and O–H groups in total. The predicted molar refractivity (Wildman–Crippen MR) is 123 cm³/mol. The molecule has 0 radical (unpaired) electrons. The van der Waals surface area contributed by atoms with Crippen molar-refractivity contribution in [1.29, 1.82) is 0 Å². The van der Waals surface area contributed by atoms with E-state index >= 15 is 0 Å². The molecule has 172 valence electrons. The van der Waals surface area contributed by atoms with Gasteiger partial charge in [0.2, 0.25) is 11.8 Å². The number of benzene rings is 1. The maximum Gasteiger partial charge on any atom is 0.238 e. The van der Waals surface area contributed by atoms with Gasteiger partial charge in [-0.25, -0.2) is 0 Å². The number of piperazine rings is 1. The van der Waals surface area contributed by atoms with Crippen LogP contribution in [0, 0.1) is 13.8 Å². The van der Waals surface area contributed by atoms with Crippen LogP contribution >= 0.6 is 0 Å². The van der Waals surface area contributed by atoms with Crippen LogP contribution in [0.15, 0.2) is 18.2 Å². The minimum atomic E-state index is -0.0106. The molecule has 7 nitrogen and oxygen atoms in total. The highest BCUT2D eigenvalue weighted by molar-refractivity contribution is 5.93. The Bertz CT molecular complexity index is 720. The van der Waals surface area contributed by atoms with Crippen molar-refractivity contribution in [3.63, 3.8) is 0 Å². The van der Waals surface area contributed by atoms with Crippen molar-refractivity contribution in [3.05, 3.63) is 29.3 Å². The molecule has 1 aliphatic carbocycles. The van der Waals surface area contributed by atoms with Gasteiger partial charge in [0, 0.05) is 44.5 Å². The van der Waals surface area contributed by atoms with E-state index in [-0.39, 0.29) is 18.4 Å². The summed E-state index contributed by atoms with van der Waals surface area (Å²) in [6.07, 6.45) is 5.94. The number of anilines is 1. The second-order valence-electron chi connectivity index (χ2n) is 8.96. The van der Waals surface area contributed by atoms with Gasteiger partial charge in [-0.05, 0) is 37.8 Å². The molecule has 0 atom stereocenters. The summed E-state index contributed by atoms with van der Waals surface area (Å²) in [7, 11) is 0. The van der Waals surface area contributed by atoms with Crippen molar-refractivity contribution >= 4 is 17.5 Å².